The van der Waals surface area contributed by atoms with Crippen molar-refractivity contribution in [2.24, 2.45) is 5.84 Å². The van der Waals surface area contributed by atoms with E-state index >= 15 is 0 Å². The van der Waals surface area contributed by atoms with Crippen molar-refractivity contribution in [3.8, 4) is 0 Å². The second-order valence-electron chi connectivity index (χ2n) is 3.80. The minimum Gasteiger partial charge on any atom is -0.345 e. The van der Waals surface area contributed by atoms with Gasteiger partial charge in [-0.05, 0) is 18.4 Å². The lowest BCUT2D eigenvalue weighted by Gasteiger charge is -2.14. The molecule has 3 N–H and O–H groups in total. The van der Waals surface area contributed by atoms with Crippen LogP contribution in [0.3, 0.4) is 0 Å². The molecule has 72 valence electrons. The number of benzene rings is 1. The Kier molecular flexibility index (Phi) is 1.55. The van der Waals surface area contributed by atoms with Crippen molar-refractivity contribution in [2.75, 3.05) is 5.43 Å². The van der Waals surface area contributed by atoms with Crippen molar-refractivity contribution >= 4 is 16.6 Å². The van der Waals surface area contributed by atoms with Gasteiger partial charge in [0.05, 0.1) is 11.2 Å². The average Bonchev–Trinajstić information content (AvgIpc) is 2.60. The van der Waals surface area contributed by atoms with Crippen LogP contribution in [0.5, 0.6) is 0 Å². The van der Waals surface area contributed by atoms with E-state index in [1.807, 2.05) is 0 Å². The molecule has 0 saturated heterocycles. The molecule has 3 rings (SSSR count). The van der Waals surface area contributed by atoms with Gasteiger partial charge in [-0.15, -0.1) is 0 Å². The molecule has 0 spiro atoms. The van der Waals surface area contributed by atoms with Gasteiger partial charge < -0.3 is 9.99 Å². The van der Waals surface area contributed by atoms with E-state index < -0.39 is 0 Å². The van der Waals surface area contributed by atoms with E-state index in [1.165, 1.54) is 29.3 Å². The van der Waals surface area contributed by atoms with E-state index in [-0.39, 0.29) is 0 Å². The maximum atomic E-state index is 5.49. The van der Waals surface area contributed by atoms with Crippen molar-refractivity contribution in [1.29, 1.82) is 0 Å². The van der Waals surface area contributed by atoms with E-state index in [4.69, 9.17) is 5.84 Å². The van der Waals surface area contributed by atoms with Crippen LogP contribution in [-0.2, 0) is 13.0 Å². The number of rotatable bonds is 1. The quantitative estimate of drug-likeness (QED) is 0.528. The summed E-state index contributed by atoms with van der Waals surface area (Å²) in [5, 5.41) is 1.24. The molecule has 3 nitrogen and oxygen atoms in total. The number of para-hydroxylation sites is 1. The average molecular weight is 187 g/mol. The van der Waals surface area contributed by atoms with Gasteiger partial charge in [0.1, 0.15) is 0 Å². The lowest BCUT2D eigenvalue weighted by Crippen LogP contribution is -2.06. The predicted molar refractivity (Wildman–Crippen MR) is 58.1 cm³/mol. The fraction of sp³-hybridized carbons (Fsp3) is 0.273. The van der Waals surface area contributed by atoms with Crippen molar-refractivity contribution in [3.05, 3.63) is 30.0 Å². The first-order chi connectivity index (χ1) is 6.90. The highest BCUT2D eigenvalue weighted by atomic mass is 15.2. The second kappa shape index (κ2) is 2.75. The Balaban J connectivity index is 2.42. The summed E-state index contributed by atoms with van der Waals surface area (Å²) in [6.45, 7) is 1.11. The highest BCUT2D eigenvalue weighted by Crippen LogP contribution is 2.31. The summed E-state index contributed by atoms with van der Waals surface area (Å²) in [5.41, 5.74) is 6.58. The molecule has 1 aromatic carbocycles. The first-order valence-electron chi connectivity index (χ1n) is 4.97. The number of nitrogen functional groups attached to an aromatic ring is 1. The molecule has 1 aromatic heterocycles. The topological polar surface area (TPSA) is 43.0 Å². The molecular formula is C11H13N3. The number of hydrogen-bond acceptors (Lipinski definition) is 2. The van der Waals surface area contributed by atoms with Gasteiger partial charge in [0.25, 0.3) is 0 Å². The Morgan fingerprint density at radius 3 is 3.14 bits per heavy atom. The number of nitrogens with two attached hydrogens (primary N) is 1. The second-order valence-corrected chi connectivity index (χ2v) is 3.80. The summed E-state index contributed by atoms with van der Waals surface area (Å²) < 4.78 is 2.30. The predicted octanol–water partition coefficient (Wildman–Crippen LogP) is 1.87. The summed E-state index contributed by atoms with van der Waals surface area (Å²) in [4.78, 5) is 0. The molecule has 2 heterocycles. The van der Waals surface area contributed by atoms with Crippen molar-refractivity contribution in [1.82, 2.24) is 4.57 Å². The van der Waals surface area contributed by atoms with Crippen molar-refractivity contribution < 1.29 is 0 Å². The van der Waals surface area contributed by atoms with E-state index in [0.29, 0.717) is 0 Å². The van der Waals surface area contributed by atoms with Crippen molar-refractivity contribution in [2.45, 2.75) is 19.4 Å². The van der Waals surface area contributed by atoms with Crippen LogP contribution in [0.25, 0.3) is 10.9 Å². The normalized spacial score (nSPS) is 14.6. The van der Waals surface area contributed by atoms with Crippen LogP contribution in [0.2, 0.25) is 0 Å². The molecule has 0 aliphatic carbocycles. The van der Waals surface area contributed by atoms with E-state index in [2.05, 4.69) is 34.4 Å². The first kappa shape index (κ1) is 7.88. The molecule has 14 heavy (non-hydrogen) atoms. The molecule has 2 aromatic rings. The minimum absolute atomic E-state index is 1.03. The first-order valence-corrected chi connectivity index (χ1v) is 4.97. The van der Waals surface area contributed by atoms with Crippen LogP contribution in [0.4, 0.5) is 5.69 Å². The molecule has 0 unspecified atom stereocenters. The zero-order valence-electron chi connectivity index (χ0n) is 7.96. The Bertz CT molecular complexity index is 484. The number of nitrogens with zero attached hydrogens (tertiary/aromatic N) is 1. The number of hydrazine groups is 1. The van der Waals surface area contributed by atoms with Crippen LogP contribution in [-0.4, -0.2) is 4.57 Å². The molecule has 1 aliphatic heterocycles. The van der Waals surface area contributed by atoms with Crippen molar-refractivity contribution in [3.63, 3.8) is 0 Å². The maximum Gasteiger partial charge on any atom is 0.0742 e. The Morgan fingerprint density at radius 1 is 1.36 bits per heavy atom. The summed E-state index contributed by atoms with van der Waals surface area (Å²) in [6.07, 6.45) is 4.52. The van der Waals surface area contributed by atoms with Crippen LogP contribution in [0.1, 0.15) is 12.0 Å². The zero-order chi connectivity index (χ0) is 9.54. The molecule has 0 radical (unpaired) electrons. The number of aryl methyl sites for hydroxylation is 2. The van der Waals surface area contributed by atoms with Crippen LogP contribution in [0, 0.1) is 0 Å². The molecule has 0 atom stereocenters. The monoisotopic (exact) mass is 187 g/mol. The molecule has 0 fully saturated rings. The summed E-state index contributed by atoms with van der Waals surface area (Å²) in [7, 11) is 0. The van der Waals surface area contributed by atoms with E-state index in [9.17, 15) is 0 Å². The maximum absolute atomic E-state index is 5.49. The molecule has 0 amide bonds. The van der Waals surface area contributed by atoms with E-state index in [1.54, 1.807) is 0 Å². The van der Waals surface area contributed by atoms with Gasteiger partial charge in [-0.2, -0.15) is 0 Å². The zero-order valence-corrected chi connectivity index (χ0v) is 7.96. The Morgan fingerprint density at radius 2 is 2.29 bits per heavy atom. The number of aromatic nitrogens is 1. The fourth-order valence-corrected chi connectivity index (χ4v) is 2.37. The Labute approximate surface area is 82.5 Å². The third kappa shape index (κ3) is 0.902. The summed E-state index contributed by atoms with van der Waals surface area (Å²) >= 11 is 0. The smallest absolute Gasteiger partial charge is 0.0742 e. The van der Waals surface area contributed by atoms with Gasteiger partial charge >= 0.3 is 0 Å². The van der Waals surface area contributed by atoms with Crippen LogP contribution < -0.4 is 11.3 Å². The summed E-state index contributed by atoms with van der Waals surface area (Å²) in [6, 6.07) is 6.43. The number of nitrogens with one attached hydrogen (secondary N) is 1. The molecular weight excluding hydrogens is 174 g/mol. The van der Waals surface area contributed by atoms with Crippen LogP contribution in [0.15, 0.2) is 24.4 Å². The molecule has 1 aliphatic rings. The highest BCUT2D eigenvalue weighted by molar-refractivity contribution is 5.95. The van der Waals surface area contributed by atoms with Crippen LogP contribution >= 0.6 is 0 Å². The third-order valence-electron chi connectivity index (χ3n) is 2.98. The highest BCUT2D eigenvalue weighted by Gasteiger charge is 2.14. The van der Waals surface area contributed by atoms with Gasteiger partial charge in [0, 0.05) is 18.1 Å². The SMILES string of the molecule is NNc1cn2c3c(cccc13)CCC2. The lowest BCUT2D eigenvalue weighted by molar-refractivity contribution is 0.636. The van der Waals surface area contributed by atoms with Gasteiger partial charge in [-0.3, -0.25) is 5.84 Å². The van der Waals surface area contributed by atoms with E-state index in [0.717, 1.165) is 12.2 Å². The van der Waals surface area contributed by atoms with Gasteiger partial charge in [0.15, 0.2) is 0 Å². The molecule has 3 heteroatoms. The molecule has 0 bridgehead atoms. The number of hydrogen-bond donors (Lipinski definition) is 2. The van der Waals surface area contributed by atoms with Gasteiger partial charge in [-0.25, -0.2) is 0 Å². The third-order valence-corrected chi connectivity index (χ3v) is 2.98. The van der Waals surface area contributed by atoms with Gasteiger partial charge in [-0.1, -0.05) is 18.2 Å². The standard InChI is InChI=1S/C11H13N3/c12-13-10-7-14-6-2-4-8-3-1-5-9(10)11(8)14/h1,3,5,7,13H,2,4,6,12H2. The summed E-state index contributed by atoms with van der Waals surface area (Å²) in [5.74, 6) is 5.49. The lowest BCUT2D eigenvalue weighted by atomic mass is 10.0. The molecule has 0 saturated carbocycles. The minimum atomic E-state index is 1.03. The largest absolute Gasteiger partial charge is 0.345 e. The van der Waals surface area contributed by atoms with Gasteiger partial charge in [0.2, 0.25) is 0 Å². The Hall–Kier alpha value is -1.48. The number of anilines is 1. The fourth-order valence-electron chi connectivity index (χ4n) is 2.37.